The molecule has 272 valence electrons. The molecule has 2 atom stereocenters. The Morgan fingerprint density at radius 1 is 0.553 bits per heavy atom. The van der Waals surface area contributed by atoms with Crippen LogP contribution in [0.5, 0.6) is 0 Å². The van der Waals surface area contributed by atoms with Gasteiger partial charge in [-0.3, -0.25) is 24.0 Å². The first-order valence-electron chi connectivity index (χ1n) is 16.0. The molecule has 0 radical (unpaired) electrons. The van der Waals surface area contributed by atoms with E-state index in [-0.39, 0.29) is 51.9 Å². The third-order valence-electron chi connectivity index (χ3n) is 7.95. The van der Waals surface area contributed by atoms with E-state index in [0.717, 1.165) is 6.92 Å². The van der Waals surface area contributed by atoms with E-state index in [4.69, 9.17) is 0 Å². The van der Waals surface area contributed by atoms with Gasteiger partial charge in [0.25, 0.3) is 0 Å². The van der Waals surface area contributed by atoms with Gasteiger partial charge in [-0.2, -0.15) is 0 Å². The number of carbonyl (C=O) groups excluding carboxylic acids is 4. The number of unbranched alkanes of at least 4 members (excludes halogenated alkanes) is 3. The molecule has 0 aromatic rings. The maximum absolute atomic E-state index is 12.6. The van der Waals surface area contributed by atoms with Crippen LogP contribution in [0.15, 0.2) is 0 Å². The summed E-state index contributed by atoms with van der Waals surface area (Å²) in [6.07, 6.45) is -0.0635. The highest BCUT2D eigenvalue weighted by Crippen LogP contribution is 2.54. The molecular formula is C32H54O15. The summed E-state index contributed by atoms with van der Waals surface area (Å²) in [5.41, 5.74) is -10.6. The summed E-state index contributed by atoms with van der Waals surface area (Å²) < 4.78 is 14.0. The second kappa shape index (κ2) is 21.3. The lowest BCUT2D eigenvalue weighted by Crippen LogP contribution is -2.71. The van der Waals surface area contributed by atoms with Crippen LogP contribution in [-0.2, 0) is 47.8 Å². The van der Waals surface area contributed by atoms with Crippen molar-refractivity contribution in [1.82, 2.24) is 0 Å². The number of carboxylic acids is 3. The van der Waals surface area contributed by atoms with Gasteiger partial charge in [-0.1, -0.05) is 59.3 Å². The van der Waals surface area contributed by atoms with E-state index in [1.54, 1.807) is 41.5 Å². The van der Waals surface area contributed by atoms with E-state index in [9.17, 15) is 59.1 Å². The van der Waals surface area contributed by atoms with Crippen LogP contribution in [-0.4, -0.2) is 98.2 Å². The lowest BCUT2D eigenvalue weighted by atomic mass is 9.52. The predicted octanol–water partition coefficient (Wildman–Crippen LogP) is 3.29. The molecule has 0 saturated heterocycles. The van der Waals surface area contributed by atoms with Crippen LogP contribution in [0, 0.1) is 10.8 Å². The van der Waals surface area contributed by atoms with Gasteiger partial charge < -0.3 is 39.7 Å². The molecule has 0 aliphatic rings. The van der Waals surface area contributed by atoms with Gasteiger partial charge >= 0.3 is 35.8 Å². The molecule has 5 N–H and O–H groups in total. The Hall–Kier alpha value is -3.59. The number of hydrogen-bond donors (Lipinski definition) is 5. The second-order valence-corrected chi connectivity index (χ2v) is 11.2. The van der Waals surface area contributed by atoms with Gasteiger partial charge in [0.05, 0.1) is 32.7 Å². The highest BCUT2D eigenvalue weighted by molar-refractivity contribution is 6.10. The monoisotopic (exact) mass is 678 g/mol. The fraction of sp³-hybridized carbons (Fsp3) is 0.781. The number of carboxylic acid groups (broad SMARTS) is 3. The summed E-state index contributed by atoms with van der Waals surface area (Å²) in [5.74, 6) is -9.08. The maximum Gasteiger partial charge on any atom is 0.339 e. The van der Waals surface area contributed by atoms with Gasteiger partial charge in [0.1, 0.15) is 5.41 Å². The van der Waals surface area contributed by atoms with Crippen molar-refractivity contribution in [3.8, 4) is 0 Å². The number of ether oxygens (including phenoxy) is 3. The molecule has 0 bridgehead atoms. The highest BCUT2D eigenvalue weighted by Gasteiger charge is 2.74. The van der Waals surface area contributed by atoms with Crippen LogP contribution in [0.25, 0.3) is 0 Å². The maximum atomic E-state index is 12.6. The number of hydrogen-bond acceptors (Lipinski definition) is 12. The van der Waals surface area contributed by atoms with Gasteiger partial charge in [-0.15, -0.1) is 0 Å². The van der Waals surface area contributed by atoms with Crippen LogP contribution in [0.4, 0.5) is 0 Å². The van der Waals surface area contributed by atoms with Crippen LogP contribution in [0.3, 0.4) is 0 Å². The molecule has 47 heavy (non-hydrogen) atoms. The molecule has 15 nitrogen and oxygen atoms in total. The Morgan fingerprint density at radius 2 is 0.936 bits per heavy atom. The minimum Gasteiger partial charge on any atom is -0.481 e. The lowest BCUT2D eigenvalue weighted by molar-refractivity contribution is -0.223. The van der Waals surface area contributed by atoms with Crippen LogP contribution < -0.4 is 0 Å². The quantitative estimate of drug-likeness (QED) is 0.0591. The van der Waals surface area contributed by atoms with Crippen molar-refractivity contribution in [3.63, 3.8) is 0 Å². The van der Waals surface area contributed by atoms with Crippen molar-refractivity contribution in [2.24, 2.45) is 10.8 Å². The smallest absolute Gasteiger partial charge is 0.339 e. The van der Waals surface area contributed by atoms with Gasteiger partial charge in [0.2, 0.25) is 5.60 Å². The summed E-state index contributed by atoms with van der Waals surface area (Å²) in [7, 11) is 0. The largest absolute Gasteiger partial charge is 0.481 e. The van der Waals surface area contributed by atoms with Crippen molar-refractivity contribution >= 4 is 41.6 Å². The summed E-state index contributed by atoms with van der Waals surface area (Å²) in [6, 6.07) is 0. The van der Waals surface area contributed by atoms with E-state index in [0.29, 0.717) is 19.3 Å². The molecule has 2 unspecified atom stereocenters. The molecule has 0 heterocycles. The molecule has 0 fully saturated rings. The van der Waals surface area contributed by atoms with Crippen molar-refractivity contribution in [1.29, 1.82) is 0 Å². The summed E-state index contributed by atoms with van der Waals surface area (Å²) in [5, 5.41) is 51.7. The SMILES string of the molecule is CCCCC(CCCC)(C(=O)O)C(O)(C(=O)O)C(CCCC)(C(C)=O)C(=O)O.CCOC(=O)CC(O)(CC(=O)OCC)C(=O)OCC. The summed E-state index contributed by atoms with van der Waals surface area (Å²) >= 11 is 0. The van der Waals surface area contributed by atoms with E-state index < -0.39 is 82.9 Å². The minimum absolute atomic E-state index is 0.0206. The molecule has 0 aromatic heterocycles. The van der Waals surface area contributed by atoms with Gasteiger partial charge in [-0.25, -0.2) is 9.59 Å². The van der Waals surface area contributed by atoms with E-state index in [2.05, 4.69) is 14.2 Å². The highest BCUT2D eigenvalue weighted by atomic mass is 16.6. The number of aliphatic hydroxyl groups is 2. The Morgan fingerprint density at radius 3 is 1.21 bits per heavy atom. The van der Waals surface area contributed by atoms with Gasteiger partial charge in [0.15, 0.2) is 16.8 Å². The van der Waals surface area contributed by atoms with Crippen LogP contribution >= 0.6 is 0 Å². The number of ketones is 1. The average molecular weight is 679 g/mol. The van der Waals surface area contributed by atoms with Crippen molar-refractivity contribution in [2.45, 2.75) is 130 Å². The molecule has 0 amide bonds. The molecular weight excluding hydrogens is 624 g/mol. The Balaban J connectivity index is 0. The fourth-order valence-electron chi connectivity index (χ4n) is 5.45. The summed E-state index contributed by atoms with van der Waals surface area (Å²) in [4.78, 5) is 84.1. The zero-order chi connectivity index (χ0) is 37.1. The number of rotatable bonds is 23. The molecule has 0 aromatic carbocycles. The predicted molar refractivity (Wildman–Crippen MR) is 166 cm³/mol. The first-order chi connectivity index (χ1) is 21.8. The molecule has 0 aliphatic carbocycles. The third kappa shape index (κ3) is 11.3. The zero-order valence-corrected chi connectivity index (χ0v) is 28.7. The molecule has 0 aliphatic heterocycles. The van der Waals surface area contributed by atoms with E-state index in [1.807, 2.05) is 0 Å². The van der Waals surface area contributed by atoms with Crippen molar-refractivity contribution < 1.29 is 73.3 Å². The molecule has 0 spiro atoms. The number of aliphatic carboxylic acids is 3. The Kier molecular flexibility index (Phi) is 20.7. The Bertz CT molecular complexity index is 1020. The Labute approximate surface area is 276 Å². The third-order valence-corrected chi connectivity index (χ3v) is 7.95. The van der Waals surface area contributed by atoms with Gasteiger partial charge in [-0.05, 0) is 47.0 Å². The lowest BCUT2D eigenvalue weighted by Gasteiger charge is -2.50. The first-order valence-corrected chi connectivity index (χ1v) is 16.0. The van der Waals surface area contributed by atoms with E-state index in [1.165, 1.54) is 0 Å². The molecule has 15 heteroatoms. The zero-order valence-electron chi connectivity index (χ0n) is 28.7. The van der Waals surface area contributed by atoms with Gasteiger partial charge in [0, 0.05) is 0 Å². The second-order valence-electron chi connectivity index (χ2n) is 11.2. The molecule has 0 saturated carbocycles. The van der Waals surface area contributed by atoms with Crippen molar-refractivity contribution in [2.75, 3.05) is 19.8 Å². The number of esters is 3. The van der Waals surface area contributed by atoms with Crippen LogP contribution in [0.1, 0.15) is 119 Å². The van der Waals surface area contributed by atoms with Crippen LogP contribution in [0.2, 0.25) is 0 Å². The van der Waals surface area contributed by atoms with Crippen molar-refractivity contribution in [3.05, 3.63) is 0 Å². The van der Waals surface area contributed by atoms with E-state index >= 15 is 0 Å². The standard InChI is InChI=1S/C20H34O8.C12H20O7/c1-5-8-11-18(15(22)23,12-9-6-2)20(28,17(26)27)19(14(4)21,16(24)25)13-10-7-3;1-4-17-9(13)7-12(16,11(15)19-6-3)8-10(14)18-5-2/h28H,5-13H2,1-4H3,(H,22,23)(H,24,25)(H,26,27);16H,4-8H2,1-3H3. The first kappa shape index (κ1) is 45.5. The summed E-state index contributed by atoms with van der Waals surface area (Å²) in [6.45, 7) is 11.2. The minimum atomic E-state index is -3.29. The normalized spacial score (nSPS) is 13.9. The topological polar surface area (TPSA) is 248 Å². The number of carbonyl (C=O) groups is 7. The average Bonchev–Trinajstić information content (AvgIpc) is 2.97. The molecule has 0 rings (SSSR count). The fourth-order valence-corrected chi connectivity index (χ4v) is 5.45. The number of Topliss-reactive ketones (excluding diaryl/α,β-unsaturated/α-hetero) is 1.